The second-order valence-electron chi connectivity index (χ2n) is 6.81. The molecule has 3 aromatic rings. The Morgan fingerprint density at radius 2 is 1.31 bits per heavy atom. The van der Waals surface area contributed by atoms with Gasteiger partial charge in [0.05, 0.1) is 6.26 Å². The Hall–Kier alpha value is -3.72. The molecule has 166 valence electrons. The van der Waals surface area contributed by atoms with Gasteiger partial charge in [0.2, 0.25) is 10.0 Å². The first-order valence-electron chi connectivity index (χ1n) is 9.43. The molecule has 3 rings (SSSR count). The predicted octanol–water partition coefficient (Wildman–Crippen LogP) is 5.02. The molecule has 0 bridgehead atoms. The van der Waals surface area contributed by atoms with Crippen LogP contribution in [0.3, 0.4) is 0 Å². The molecule has 0 aromatic heterocycles. The van der Waals surface area contributed by atoms with Crippen LogP contribution in [-0.4, -0.2) is 27.4 Å². The Bertz CT molecular complexity index is 1160. The molecular weight excluding hydrogens is 438 g/mol. The van der Waals surface area contributed by atoms with Crippen molar-refractivity contribution in [2.75, 3.05) is 22.9 Å². The zero-order valence-corrected chi connectivity index (χ0v) is 17.8. The highest BCUT2D eigenvalue weighted by molar-refractivity contribution is 7.92. The maximum Gasteiger partial charge on any atom is 0.411 e. The maximum atomic E-state index is 13.3. The molecule has 0 saturated heterocycles. The maximum absolute atomic E-state index is 13.3. The average molecular weight is 458 g/mol. The molecule has 0 heterocycles. The number of sulfonamides is 1. The van der Waals surface area contributed by atoms with E-state index in [4.69, 9.17) is 4.74 Å². The Morgan fingerprint density at radius 1 is 0.844 bits per heavy atom. The molecule has 3 aromatic carbocycles. The molecule has 0 saturated carbocycles. The number of halogens is 2. The number of benzene rings is 3. The van der Waals surface area contributed by atoms with Crippen molar-refractivity contribution < 1.29 is 26.7 Å². The third-order valence-corrected chi connectivity index (χ3v) is 4.85. The molecule has 6 nitrogen and oxygen atoms in total. The Labute approximate surface area is 184 Å². The van der Waals surface area contributed by atoms with E-state index in [2.05, 4.69) is 10.0 Å². The molecule has 1 amide bonds. The molecule has 0 spiro atoms. The minimum absolute atomic E-state index is 0.0936. The van der Waals surface area contributed by atoms with Crippen molar-refractivity contribution in [1.82, 2.24) is 0 Å². The number of carbonyl (C=O) groups excluding carboxylic acids is 1. The minimum atomic E-state index is -3.39. The highest BCUT2D eigenvalue weighted by Gasteiger charge is 2.08. The van der Waals surface area contributed by atoms with Crippen LogP contribution >= 0.6 is 0 Å². The summed E-state index contributed by atoms with van der Waals surface area (Å²) in [6.07, 6.45) is 1.96. The third-order valence-electron chi connectivity index (χ3n) is 4.25. The van der Waals surface area contributed by atoms with E-state index in [1.54, 1.807) is 30.3 Å². The van der Waals surface area contributed by atoms with Crippen molar-refractivity contribution in [3.05, 3.63) is 102 Å². The van der Waals surface area contributed by atoms with Crippen LogP contribution in [0.5, 0.6) is 0 Å². The largest absolute Gasteiger partial charge is 0.445 e. The summed E-state index contributed by atoms with van der Waals surface area (Å²) in [7, 11) is -3.39. The number of nitrogens with one attached hydrogen (secondary N) is 2. The Morgan fingerprint density at radius 3 is 1.78 bits per heavy atom. The van der Waals surface area contributed by atoms with Gasteiger partial charge < -0.3 is 4.74 Å². The van der Waals surface area contributed by atoms with Gasteiger partial charge in [-0.3, -0.25) is 10.0 Å². The summed E-state index contributed by atoms with van der Waals surface area (Å²) < 4.78 is 56.6. The Balaban J connectivity index is 1.67. The van der Waals surface area contributed by atoms with Gasteiger partial charge in [0.1, 0.15) is 18.2 Å². The SMILES string of the molecule is CS(=O)(=O)Nc1ccc(NC(=O)OCC=C(c2ccc(F)cc2)c2ccc(F)cc2)cc1. The average Bonchev–Trinajstić information content (AvgIpc) is 2.73. The Kier molecular flexibility index (Phi) is 7.21. The van der Waals surface area contributed by atoms with E-state index >= 15 is 0 Å². The quantitative estimate of drug-likeness (QED) is 0.521. The number of rotatable bonds is 7. The standard InChI is InChI=1S/C23H20F2N2O4S/c1-32(29,30)27-21-12-10-20(11-13-21)26-23(28)31-15-14-22(16-2-6-18(24)7-3-16)17-4-8-19(25)9-5-17/h2-14,27H,15H2,1H3,(H,26,28). The van der Waals surface area contributed by atoms with Crippen molar-refractivity contribution in [3.63, 3.8) is 0 Å². The number of hydrogen-bond donors (Lipinski definition) is 2. The van der Waals surface area contributed by atoms with Crippen LogP contribution in [0.15, 0.2) is 78.9 Å². The second kappa shape index (κ2) is 10.1. The first kappa shape index (κ1) is 23.0. The van der Waals surface area contributed by atoms with Crippen molar-refractivity contribution in [2.45, 2.75) is 0 Å². The van der Waals surface area contributed by atoms with Crippen LogP contribution in [0.1, 0.15) is 11.1 Å². The number of hydrogen-bond acceptors (Lipinski definition) is 4. The summed E-state index contributed by atoms with van der Waals surface area (Å²) in [4.78, 5) is 12.1. The van der Waals surface area contributed by atoms with Crippen LogP contribution in [0.25, 0.3) is 5.57 Å². The highest BCUT2D eigenvalue weighted by Crippen LogP contribution is 2.24. The van der Waals surface area contributed by atoms with Crippen molar-refractivity contribution in [1.29, 1.82) is 0 Å². The van der Waals surface area contributed by atoms with E-state index in [0.717, 1.165) is 6.26 Å². The van der Waals surface area contributed by atoms with E-state index in [0.29, 0.717) is 28.1 Å². The molecule has 0 fully saturated rings. The summed E-state index contributed by atoms with van der Waals surface area (Å²) in [6, 6.07) is 17.6. The summed E-state index contributed by atoms with van der Waals surface area (Å²) >= 11 is 0. The van der Waals surface area contributed by atoms with Crippen LogP contribution < -0.4 is 10.0 Å². The third kappa shape index (κ3) is 6.92. The highest BCUT2D eigenvalue weighted by atomic mass is 32.2. The first-order valence-corrected chi connectivity index (χ1v) is 11.3. The van der Waals surface area contributed by atoms with Crippen molar-refractivity contribution in [2.24, 2.45) is 0 Å². The van der Waals surface area contributed by atoms with Crippen LogP contribution in [0.2, 0.25) is 0 Å². The minimum Gasteiger partial charge on any atom is -0.445 e. The molecule has 0 radical (unpaired) electrons. The molecule has 0 aliphatic heterocycles. The normalized spacial score (nSPS) is 10.8. The zero-order chi connectivity index (χ0) is 23.1. The summed E-state index contributed by atoms with van der Waals surface area (Å²) in [5.74, 6) is -0.777. The topological polar surface area (TPSA) is 84.5 Å². The molecule has 0 unspecified atom stereocenters. The first-order chi connectivity index (χ1) is 15.2. The van der Waals surface area contributed by atoms with Crippen molar-refractivity contribution in [3.8, 4) is 0 Å². The fraction of sp³-hybridized carbons (Fsp3) is 0.0870. The fourth-order valence-corrected chi connectivity index (χ4v) is 3.42. The lowest BCUT2D eigenvalue weighted by Crippen LogP contribution is -2.14. The molecule has 0 atom stereocenters. The van der Waals surface area contributed by atoms with Crippen LogP contribution in [0.4, 0.5) is 25.0 Å². The van der Waals surface area contributed by atoms with Gasteiger partial charge in [0.15, 0.2) is 0 Å². The molecule has 0 aliphatic rings. The lowest BCUT2D eigenvalue weighted by Gasteiger charge is -2.10. The zero-order valence-electron chi connectivity index (χ0n) is 17.0. The van der Waals surface area contributed by atoms with Gasteiger partial charge in [0.25, 0.3) is 0 Å². The molecule has 0 aliphatic carbocycles. The summed E-state index contributed by atoms with van der Waals surface area (Å²) in [6.45, 7) is -0.0936. The number of amides is 1. The van der Waals surface area contributed by atoms with Gasteiger partial charge >= 0.3 is 6.09 Å². The van der Waals surface area contributed by atoms with Gasteiger partial charge in [-0.1, -0.05) is 24.3 Å². The monoisotopic (exact) mass is 458 g/mol. The summed E-state index contributed by atoms with van der Waals surface area (Å²) in [5.41, 5.74) is 2.77. The van der Waals surface area contributed by atoms with Crippen LogP contribution in [0, 0.1) is 11.6 Å². The molecular formula is C23H20F2N2O4S. The molecule has 2 N–H and O–H groups in total. The van der Waals surface area contributed by atoms with Gasteiger partial charge in [-0.15, -0.1) is 0 Å². The van der Waals surface area contributed by atoms with Gasteiger partial charge in [-0.25, -0.2) is 22.0 Å². The fourth-order valence-electron chi connectivity index (χ4n) is 2.85. The van der Waals surface area contributed by atoms with E-state index in [1.807, 2.05) is 0 Å². The van der Waals surface area contributed by atoms with E-state index in [9.17, 15) is 22.0 Å². The molecule has 9 heteroatoms. The number of ether oxygens (including phenoxy) is 1. The second-order valence-corrected chi connectivity index (χ2v) is 8.56. The van der Waals surface area contributed by atoms with E-state index in [1.165, 1.54) is 48.5 Å². The van der Waals surface area contributed by atoms with E-state index in [-0.39, 0.29) is 18.2 Å². The number of anilines is 2. The van der Waals surface area contributed by atoms with Gasteiger partial charge in [-0.2, -0.15) is 0 Å². The lowest BCUT2D eigenvalue weighted by atomic mass is 9.97. The van der Waals surface area contributed by atoms with E-state index < -0.39 is 16.1 Å². The number of carbonyl (C=O) groups is 1. The van der Waals surface area contributed by atoms with Gasteiger partial charge in [0, 0.05) is 11.4 Å². The smallest absolute Gasteiger partial charge is 0.411 e. The lowest BCUT2D eigenvalue weighted by molar-refractivity contribution is 0.174. The van der Waals surface area contributed by atoms with Gasteiger partial charge in [-0.05, 0) is 71.3 Å². The predicted molar refractivity (Wildman–Crippen MR) is 120 cm³/mol. The van der Waals surface area contributed by atoms with Crippen molar-refractivity contribution >= 4 is 33.1 Å². The molecule has 32 heavy (non-hydrogen) atoms. The van der Waals surface area contributed by atoms with Crippen LogP contribution in [-0.2, 0) is 14.8 Å². The summed E-state index contributed by atoms with van der Waals surface area (Å²) in [5, 5.41) is 2.53.